The van der Waals surface area contributed by atoms with Crippen LogP contribution in [0.5, 0.6) is 0 Å². The first-order chi connectivity index (χ1) is 18.3. The maximum absolute atomic E-state index is 13.3. The number of halogens is 3. The van der Waals surface area contributed by atoms with E-state index in [0.29, 0.717) is 31.6 Å². The van der Waals surface area contributed by atoms with Crippen molar-refractivity contribution in [2.75, 3.05) is 18.0 Å². The van der Waals surface area contributed by atoms with Crippen molar-refractivity contribution < 1.29 is 18.0 Å². The highest BCUT2D eigenvalue weighted by Gasteiger charge is 2.50. The van der Waals surface area contributed by atoms with Crippen LogP contribution in [0.4, 0.5) is 18.9 Å². The average Bonchev–Trinajstić information content (AvgIpc) is 3.37. The molecule has 1 atom stereocenters. The van der Waals surface area contributed by atoms with Gasteiger partial charge in [0.05, 0.1) is 30.6 Å². The Morgan fingerprint density at radius 2 is 2.03 bits per heavy atom. The third-order valence-electron chi connectivity index (χ3n) is 7.30. The molecular weight excluding hydrogens is 497 g/mol. The van der Waals surface area contributed by atoms with Crippen molar-refractivity contribution in [2.45, 2.75) is 37.0 Å². The van der Waals surface area contributed by atoms with Crippen LogP contribution in [0.2, 0.25) is 0 Å². The average molecular weight is 521 g/mol. The van der Waals surface area contributed by atoms with Gasteiger partial charge in [0.1, 0.15) is 22.9 Å². The molecule has 4 aromatic heterocycles. The standard InChI is InChI=1S/C26H23F3N8O/c27-26(28,29)22(16-1-2-16)35-24(38)21-4-3-18(12-33-21)36-14-25(15-36,7-8-30)37-13-17(11-34-37)19-5-9-31-23-20(19)6-10-32-23/h3-6,9-13,16,22H,1-2,7,14-15H2,(H,31,32)(H,35,38). The molecule has 2 fully saturated rings. The predicted octanol–water partition coefficient (Wildman–Crippen LogP) is 4.02. The van der Waals surface area contributed by atoms with E-state index in [1.807, 2.05) is 34.1 Å². The second kappa shape index (κ2) is 8.86. The van der Waals surface area contributed by atoms with Crippen LogP contribution >= 0.6 is 0 Å². The molecule has 0 bridgehead atoms. The molecule has 2 N–H and O–H groups in total. The lowest BCUT2D eigenvalue weighted by molar-refractivity contribution is -0.158. The Hall–Kier alpha value is -4.40. The number of carbonyl (C=O) groups excluding carboxylic acids is 1. The molecule has 6 rings (SSSR count). The second-order valence-corrected chi connectivity index (χ2v) is 9.92. The molecule has 1 saturated carbocycles. The Bertz CT molecular complexity index is 1520. The van der Waals surface area contributed by atoms with Gasteiger partial charge in [-0.25, -0.2) is 9.97 Å². The zero-order chi connectivity index (χ0) is 26.5. The van der Waals surface area contributed by atoms with Crippen LogP contribution in [0, 0.1) is 17.2 Å². The minimum atomic E-state index is -4.49. The molecule has 4 aromatic rings. The highest BCUT2D eigenvalue weighted by Crippen LogP contribution is 2.40. The number of hydrogen-bond donors (Lipinski definition) is 2. The van der Waals surface area contributed by atoms with E-state index in [0.717, 1.165) is 22.2 Å². The molecule has 1 aliphatic heterocycles. The van der Waals surface area contributed by atoms with E-state index in [4.69, 9.17) is 0 Å². The number of rotatable bonds is 7. The number of anilines is 1. The van der Waals surface area contributed by atoms with Crippen LogP contribution < -0.4 is 10.2 Å². The van der Waals surface area contributed by atoms with Gasteiger partial charge in [0.2, 0.25) is 0 Å². The van der Waals surface area contributed by atoms with Gasteiger partial charge >= 0.3 is 6.18 Å². The van der Waals surface area contributed by atoms with E-state index in [1.165, 1.54) is 12.3 Å². The SMILES string of the molecule is N#CCC1(n2cc(-c3ccnc4[nH]ccc34)cn2)CN(c2ccc(C(=O)NC(C3CC3)C(F)(F)F)nc2)C1. The summed E-state index contributed by atoms with van der Waals surface area (Å²) in [6.07, 6.45) is 5.39. The number of alkyl halides is 3. The number of pyridine rings is 2. The molecule has 194 valence electrons. The van der Waals surface area contributed by atoms with Gasteiger partial charge in [-0.15, -0.1) is 0 Å². The van der Waals surface area contributed by atoms with Crippen molar-refractivity contribution in [1.82, 2.24) is 30.0 Å². The van der Waals surface area contributed by atoms with Crippen LogP contribution in [0.3, 0.4) is 0 Å². The third-order valence-corrected chi connectivity index (χ3v) is 7.30. The number of H-pyrrole nitrogens is 1. The highest BCUT2D eigenvalue weighted by molar-refractivity contribution is 5.93. The minimum Gasteiger partial charge on any atom is -0.365 e. The molecule has 1 aliphatic carbocycles. The molecule has 12 heteroatoms. The Kier molecular flexibility index (Phi) is 5.59. The molecular formula is C26H23F3N8O. The lowest BCUT2D eigenvalue weighted by atomic mass is 9.86. The number of fused-ring (bicyclic) bond motifs is 1. The maximum atomic E-state index is 13.3. The second-order valence-electron chi connectivity index (χ2n) is 9.92. The van der Waals surface area contributed by atoms with E-state index < -0.39 is 29.6 Å². The molecule has 1 unspecified atom stereocenters. The fraction of sp³-hybridized carbons (Fsp3) is 0.346. The topological polar surface area (TPSA) is 116 Å². The van der Waals surface area contributed by atoms with Gasteiger partial charge in [-0.1, -0.05) is 0 Å². The van der Waals surface area contributed by atoms with Gasteiger partial charge in [0.25, 0.3) is 5.91 Å². The molecule has 2 aliphatic rings. The molecule has 9 nitrogen and oxygen atoms in total. The summed E-state index contributed by atoms with van der Waals surface area (Å²) in [5.74, 6) is -1.41. The number of aromatic amines is 1. The summed E-state index contributed by atoms with van der Waals surface area (Å²) >= 11 is 0. The molecule has 0 aromatic carbocycles. The van der Waals surface area contributed by atoms with Crippen molar-refractivity contribution in [3.63, 3.8) is 0 Å². The Morgan fingerprint density at radius 1 is 1.21 bits per heavy atom. The van der Waals surface area contributed by atoms with Gasteiger partial charge < -0.3 is 15.2 Å². The maximum Gasteiger partial charge on any atom is 0.408 e. The van der Waals surface area contributed by atoms with E-state index in [-0.39, 0.29) is 12.1 Å². The smallest absolute Gasteiger partial charge is 0.365 e. The summed E-state index contributed by atoms with van der Waals surface area (Å²) in [5, 5.41) is 17.2. The summed E-state index contributed by atoms with van der Waals surface area (Å²) in [6, 6.07) is 7.37. The van der Waals surface area contributed by atoms with Gasteiger partial charge in [0, 0.05) is 42.6 Å². The summed E-state index contributed by atoms with van der Waals surface area (Å²) in [4.78, 5) is 25.9. The first-order valence-electron chi connectivity index (χ1n) is 12.2. The van der Waals surface area contributed by atoms with E-state index in [1.54, 1.807) is 18.5 Å². The van der Waals surface area contributed by atoms with Crippen LogP contribution in [0.15, 0.2) is 55.2 Å². The molecule has 0 radical (unpaired) electrons. The van der Waals surface area contributed by atoms with Gasteiger partial charge in [0.15, 0.2) is 0 Å². The number of aromatic nitrogens is 5. The van der Waals surface area contributed by atoms with Crippen molar-refractivity contribution >= 4 is 22.6 Å². The number of amides is 1. The molecule has 5 heterocycles. The van der Waals surface area contributed by atoms with Crippen molar-refractivity contribution in [2.24, 2.45) is 5.92 Å². The summed E-state index contributed by atoms with van der Waals surface area (Å²) in [5.41, 5.74) is 2.77. The largest absolute Gasteiger partial charge is 0.408 e. The quantitative estimate of drug-likeness (QED) is 0.380. The summed E-state index contributed by atoms with van der Waals surface area (Å²) < 4.78 is 41.6. The molecule has 38 heavy (non-hydrogen) atoms. The monoisotopic (exact) mass is 520 g/mol. The Morgan fingerprint density at radius 3 is 2.71 bits per heavy atom. The Labute approximate surface area is 215 Å². The predicted molar refractivity (Wildman–Crippen MR) is 132 cm³/mol. The highest BCUT2D eigenvalue weighted by atomic mass is 19.4. The Balaban J connectivity index is 1.16. The number of hydrogen-bond acceptors (Lipinski definition) is 6. The van der Waals surface area contributed by atoms with E-state index >= 15 is 0 Å². The zero-order valence-corrected chi connectivity index (χ0v) is 20.1. The summed E-state index contributed by atoms with van der Waals surface area (Å²) in [7, 11) is 0. The number of carbonyl (C=O) groups is 1. The summed E-state index contributed by atoms with van der Waals surface area (Å²) in [6.45, 7) is 0.977. The lowest BCUT2D eigenvalue weighted by Gasteiger charge is -2.50. The molecule has 0 spiro atoms. The van der Waals surface area contributed by atoms with E-state index in [9.17, 15) is 23.2 Å². The van der Waals surface area contributed by atoms with Gasteiger partial charge in [-0.2, -0.15) is 23.5 Å². The molecule has 1 amide bonds. The third kappa shape index (κ3) is 4.23. The van der Waals surface area contributed by atoms with Crippen molar-refractivity contribution in [3.05, 3.63) is 60.9 Å². The van der Waals surface area contributed by atoms with Crippen molar-refractivity contribution in [3.8, 4) is 17.2 Å². The van der Waals surface area contributed by atoms with Gasteiger partial charge in [-0.3, -0.25) is 9.48 Å². The number of nitriles is 1. The van der Waals surface area contributed by atoms with Crippen LogP contribution in [0.25, 0.3) is 22.2 Å². The molecule has 1 saturated heterocycles. The first kappa shape index (κ1) is 24.0. The first-order valence-corrected chi connectivity index (χ1v) is 12.2. The number of nitrogens with one attached hydrogen (secondary N) is 2. The fourth-order valence-electron chi connectivity index (χ4n) is 5.08. The van der Waals surface area contributed by atoms with Gasteiger partial charge in [-0.05, 0) is 48.6 Å². The van der Waals surface area contributed by atoms with Crippen LogP contribution in [-0.4, -0.2) is 55.9 Å². The number of nitrogens with zero attached hydrogens (tertiary/aromatic N) is 6. The zero-order valence-electron chi connectivity index (χ0n) is 20.1. The fourth-order valence-corrected chi connectivity index (χ4v) is 5.08. The van der Waals surface area contributed by atoms with E-state index in [2.05, 4.69) is 31.4 Å². The normalized spacial score (nSPS) is 17.6. The van der Waals surface area contributed by atoms with Crippen LogP contribution in [0.1, 0.15) is 29.8 Å². The lowest BCUT2D eigenvalue weighted by Crippen LogP contribution is -2.63. The van der Waals surface area contributed by atoms with Crippen LogP contribution in [-0.2, 0) is 5.54 Å². The van der Waals surface area contributed by atoms with Crippen molar-refractivity contribution in [1.29, 1.82) is 5.26 Å². The minimum absolute atomic E-state index is 0.0717.